The molecule has 84 valence electrons. The van der Waals surface area contributed by atoms with Gasteiger partial charge in [-0.25, -0.2) is 0 Å². The molecule has 5 heteroatoms. The van der Waals surface area contributed by atoms with Crippen LogP contribution in [0.15, 0.2) is 18.2 Å². The van der Waals surface area contributed by atoms with Crippen molar-refractivity contribution in [3.8, 4) is 0 Å². The van der Waals surface area contributed by atoms with Gasteiger partial charge >= 0.3 is 0 Å². The number of aryl methyl sites for hydroxylation is 1. The first-order valence-electron chi connectivity index (χ1n) is 4.93. The topological polar surface area (TPSA) is 60.2 Å². The second-order valence-corrected chi connectivity index (χ2v) is 4.51. The summed E-state index contributed by atoms with van der Waals surface area (Å²) in [5.74, 6) is -0.397. The molecular weight excluding hydrogens is 230 g/mol. The Labute approximate surface area is 97.4 Å². The fraction of sp³-hybridized carbons (Fsp3) is 0.364. The van der Waals surface area contributed by atoms with Gasteiger partial charge < -0.3 is 0 Å². The van der Waals surface area contributed by atoms with Gasteiger partial charge in [0, 0.05) is 28.4 Å². The van der Waals surface area contributed by atoms with Gasteiger partial charge in [0.1, 0.15) is 0 Å². The number of carbonyl (C=O) groups is 1. The number of ketones is 1. The fourth-order valence-corrected chi connectivity index (χ4v) is 1.97. The minimum absolute atomic E-state index is 0.334. The molecule has 16 heavy (non-hydrogen) atoms. The van der Waals surface area contributed by atoms with Crippen molar-refractivity contribution in [1.29, 1.82) is 0 Å². The van der Waals surface area contributed by atoms with Gasteiger partial charge in [0.25, 0.3) is 5.54 Å². The van der Waals surface area contributed by atoms with Crippen LogP contribution < -0.4 is 0 Å². The summed E-state index contributed by atoms with van der Waals surface area (Å²) in [7, 11) is 0. The maximum atomic E-state index is 12.0. The molecule has 0 aliphatic heterocycles. The first-order chi connectivity index (χ1) is 7.47. The van der Waals surface area contributed by atoms with Crippen LogP contribution in [0.5, 0.6) is 0 Å². The predicted octanol–water partition coefficient (Wildman–Crippen LogP) is 2.64. The third kappa shape index (κ3) is 1.59. The average Bonchev–Trinajstić information content (AvgIpc) is 2.97. The van der Waals surface area contributed by atoms with Gasteiger partial charge in [-0.1, -0.05) is 11.6 Å². The number of hydrogen-bond acceptors (Lipinski definition) is 3. The zero-order valence-electron chi connectivity index (χ0n) is 8.70. The first-order valence-corrected chi connectivity index (χ1v) is 5.30. The molecule has 1 fully saturated rings. The van der Waals surface area contributed by atoms with Crippen LogP contribution in [0.25, 0.3) is 0 Å². The Hall–Kier alpha value is -1.42. The van der Waals surface area contributed by atoms with E-state index in [4.69, 9.17) is 11.6 Å². The molecule has 0 aromatic heterocycles. The molecule has 0 heterocycles. The molecule has 4 nitrogen and oxygen atoms in total. The molecule has 1 aromatic carbocycles. The summed E-state index contributed by atoms with van der Waals surface area (Å²) in [5, 5.41) is 11.4. The van der Waals surface area contributed by atoms with Gasteiger partial charge in [-0.15, -0.1) is 0 Å². The number of hydrogen-bond donors (Lipinski definition) is 0. The standard InChI is InChI=1S/C11H10ClNO3/c1-7-6-8(12)2-3-9(7)10(14)11(4-5-11)13(15)16/h2-3,6H,4-5H2,1H3. The quantitative estimate of drug-likeness (QED) is 0.463. The Morgan fingerprint density at radius 1 is 1.50 bits per heavy atom. The molecule has 0 saturated heterocycles. The second kappa shape index (κ2) is 3.56. The molecule has 0 N–H and O–H groups in total. The summed E-state index contributed by atoms with van der Waals surface area (Å²) >= 11 is 5.77. The van der Waals surface area contributed by atoms with E-state index in [-0.39, 0.29) is 0 Å². The van der Waals surface area contributed by atoms with E-state index in [0.717, 1.165) is 0 Å². The lowest BCUT2D eigenvalue weighted by Gasteiger charge is -2.08. The Morgan fingerprint density at radius 2 is 2.12 bits per heavy atom. The number of rotatable bonds is 3. The molecule has 1 aliphatic rings. The number of Topliss-reactive ketones (excluding diaryl/α,β-unsaturated/α-hetero) is 1. The number of benzene rings is 1. The third-order valence-corrected chi connectivity index (χ3v) is 3.16. The highest BCUT2D eigenvalue weighted by Gasteiger charge is 2.62. The van der Waals surface area contributed by atoms with E-state index >= 15 is 0 Å². The van der Waals surface area contributed by atoms with E-state index in [0.29, 0.717) is 29.0 Å². The number of carbonyl (C=O) groups excluding carboxylic acids is 1. The van der Waals surface area contributed by atoms with Crippen LogP contribution in [-0.2, 0) is 0 Å². The molecule has 0 spiro atoms. The monoisotopic (exact) mass is 239 g/mol. The van der Waals surface area contributed by atoms with Crippen molar-refractivity contribution in [3.63, 3.8) is 0 Å². The van der Waals surface area contributed by atoms with E-state index in [9.17, 15) is 14.9 Å². The summed E-state index contributed by atoms with van der Waals surface area (Å²) in [6.45, 7) is 1.73. The molecule has 2 rings (SSSR count). The van der Waals surface area contributed by atoms with Crippen molar-refractivity contribution in [3.05, 3.63) is 44.5 Å². The van der Waals surface area contributed by atoms with Gasteiger partial charge in [0.15, 0.2) is 0 Å². The molecular formula is C11H10ClNO3. The van der Waals surface area contributed by atoms with Crippen molar-refractivity contribution in [2.45, 2.75) is 25.3 Å². The molecule has 1 aromatic rings. The van der Waals surface area contributed by atoms with Crippen molar-refractivity contribution in [2.75, 3.05) is 0 Å². The minimum atomic E-state index is -1.36. The van der Waals surface area contributed by atoms with E-state index in [1.54, 1.807) is 25.1 Å². The number of halogens is 1. The normalized spacial score (nSPS) is 16.9. The Kier molecular flexibility index (Phi) is 2.46. The van der Waals surface area contributed by atoms with Gasteiger partial charge in [-0.2, -0.15) is 0 Å². The summed E-state index contributed by atoms with van der Waals surface area (Å²) in [5.41, 5.74) is -0.275. The molecule has 0 atom stereocenters. The Bertz CT molecular complexity index is 480. The molecule has 0 unspecified atom stereocenters. The van der Waals surface area contributed by atoms with Gasteiger partial charge in [0.05, 0.1) is 0 Å². The van der Waals surface area contributed by atoms with Crippen molar-refractivity contribution in [1.82, 2.24) is 0 Å². The van der Waals surface area contributed by atoms with E-state index < -0.39 is 16.2 Å². The largest absolute Gasteiger partial charge is 0.286 e. The Balaban J connectivity index is 2.39. The average molecular weight is 240 g/mol. The second-order valence-electron chi connectivity index (χ2n) is 4.08. The van der Waals surface area contributed by atoms with Crippen LogP contribution in [0.4, 0.5) is 0 Å². The lowest BCUT2D eigenvalue weighted by molar-refractivity contribution is -0.519. The molecule has 1 aliphatic carbocycles. The SMILES string of the molecule is Cc1cc(Cl)ccc1C(=O)C1([N+](=O)[O-])CC1. The van der Waals surface area contributed by atoms with Gasteiger partial charge in [0.2, 0.25) is 5.78 Å². The summed E-state index contributed by atoms with van der Waals surface area (Å²) < 4.78 is 0. The highest BCUT2D eigenvalue weighted by Crippen LogP contribution is 2.42. The molecule has 0 amide bonds. The van der Waals surface area contributed by atoms with Crippen LogP contribution in [0.3, 0.4) is 0 Å². The number of nitro groups is 1. The summed E-state index contributed by atoms with van der Waals surface area (Å²) in [6.07, 6.45) is 0.668. The van der Waals surface area contributed by atoms with Gasteiger partial charge in [-0.3, -0.25) is 14.9 Å². The maximum Gasteiger partial charge on any atom is 0.284 e. The lowest BCUT2D eigenvalue weighted by atomic mass is 9.98. The van der Waals surface area contributed by atoms with Crippen LogP contribution in [0.1, 0.15) is 28.8 Å². The van der Waals surface area contributed by atoms with E-state index in [1.165, 1.54) is 0 Å². The van der Waals surface area contributed by atoms with Crippen LogP contribution in [0, 0.1) is 17.0 Å². The highest BCUT2D eigenvalue weighted by molar-refractivity contribution is 6.30. The highest BCUT2D eigenvalue weighted by atomic mass is 35.5. The smallest absolute Gasteiger partial charge is 0.284 e. The van der Waals surface area contributed by atoms with Crippen molar-refractivity contribution < 1.29 is 9.72 Å². The first kappa shape index (κ1) is 11.1. The lowest BCUT2D eigenvalue weighted by Crippen LogP contribution is -2.32. The molecule has 0 radical (unpaired) electrons. The summed E-state index contributed by atoms with van der Waals surface area (Å²) in [6, 6.07) is 4.78. The van der Waals surface area contributed by atoms with Crippen LogP contribution in [-0.4, -0.2) is 16.2 Å². The van der Waals surface area contributed by atoms with Crippen molar-refractivity contribution >= 4 is 17.4 Å². The fourth-order valence-electron chi connectivity index (χ4n) is 1.74. The van der Waals surface area contributed by atoms with Gasteiger partial charge in [-0.05, 0) is 30.7 Å². The third-order valence-electron chi connectivity index (χ3n) is 2.93. The molecule has 0 bridgehead atoms. The zero-order chi connectivity index (χ0) is 11.9. The predicted molar refractivity (Wildman–Crippen MR) is 59.5 cm³/mol. The van der Waals surface area contributed by atoms with E-state index in [2.05, 4.69) is 0 Å². The maximum absolute atomic E-state index is 12.0. The van der Waals surface area contributed by atoms with E-state index in [1.807, 2.05) is 0 Å². The number of nitrogens with zero attached hydrogens (tertiary/aromatic N) is 1. The van der Waals surface area contributed by atoms with Crippen LogP contribution in [0.2, 0.25) is 5.02 Å². The summed E-state index contributed by atoms with van der Waals surface area (Å²) in [4.78, 5) is 22.4. The minimum Gasteiger partial charge on any atom is -0.286 e. The zero-order valence-corrected chi connectivity index (χ0v) is 9.45. The van der Waals surface area contributed by atoms with Crippen molar-refractivity contribution in [2.24, 2.45) is 0 Å². The Morgan fingerprint density at radius 3 is 2.56 bits per heavy atom. The van der Waals surface area contributed by atoms with Crippen LogP contribution >= 0.6 is 11.6 Å². The molecule has 1 saturated carbocycles.